The molecule has 0 bridgehead atoms. The summed E-state index contributed by atoms with van der Waals surface area (Å²) in [5, 5.41) is 0.167. The van der Waals surface area contributed by atoms with Gasteiger partial charge in [-0.2, -0.15) is 0 Å². The molecule has 3 heteroatoms. The number of ketones is 1. The van der Waals surface area contributed by atoms with Gasteiger partial charge in [0, 0.05) is 6.42 Å². The van der Waals surface area contributed by atoms with E-state index in [-0.39, 0.29) is 11.0 Å². The fraction of sp³-hybridized carbons (Fsp3) is 0.214. The molecule has 2 nitrogen and oxygen atoms in total. The minimum absolute atomic E-state index is 0.0204. The zero-order valence-corrected chi connectivity index (χ0v) is 10.3. The molecular weight excluding hydrogens is 236 g/mol. The number of hydrogen-bond acceptors (Lipinski definition) is 2. The van der Waals surface area contributed by atoms with Gasteiger partial charge in [-0.3, -0.25) is 4.79 Å². The maximum Gasteiger partial charge on any atom is 0.203 e. The Morgan fingerprint density at radius 2 is 1.82 bits per heavy atom. The van der Waals surface area contributed by atoms with Gasteiger partial charge in [0.2, 0.25) is 5.22 Å². The maximum absolute atomic E-state index is 11.9. The first-order chi connectivity index (χ1) is 8.20. The fourth-order valence-electron chi connectivity index (χ4n) is 1.67. The summed E-state index contributed by atoms with van der Waals surface area (Å²) in [6.07, 6.45) is 2.78. The first-order valence-corrected chi connectivity index (χ1v) is 5.92. The summed E-state index contributed by atoms with van der Waals surface area (Å²) in [6, 6.07) is 9.64. The molecule has 1 aromatic carbocycles. The van der Waals surface area contributed by atoms with E-state index in [1.165, 1.54) is 11.8 Å². The van der Waals surface area contributed by atoms with Crippen LogP contribution in [0.15, 0.2) is 41.0 Å². The van der Waals surface area contributed by atoms with Crippen molar-refractivity contribution in [1.29, 1.82) is 0 Å². The summed E-state index contributed by atoms with van der Waals surface area (Å²) in [6.45, 7) is 2.10. The Morgan fingerprint density at radius 3 is 2.35 bits per heavy atom. The van der Waals surface area contributed by atoms with E-state index in [4.69, 9.17) is 16.0 Å². The number of aryl methyl sites for hydroxylation is 1. The minimum atomic E-state index is -0.0204. The van der Waals surface area contributed by atoms with Crippen LogP contribution in [-0.2, 0) is 12.8 Å². The summed E-state index contributed by atoms with van der Waals surface area (Å²) in [7, 11) is 0. The number of carbonyl (C=O) groups excluding carboxylic acids is 1. The molecule has 0 amide bonds. The highest BCUT2D eigenvalue weighted by molar-refractivity contribution is 6.32. The number of halogens is 1. The molecule has 0 aliphatic rings. The molecule has 0 spiro atoms. The van der Waals surface area contributed by atoms with Crippen LogP contribution in [0.3, 0.4) is 0 Å². The summed E-state index contributed by atoms with van der Waals surface area (Å²) < 4.78 is 4.90. The summed E-state index contributed by atoms with van der Waals surface area (Å²) >= 11 is 5.76. The maximum atomic E-state index is 11.9. The molecule has 1 aromatic heterocycles. The van der Waals surface area contributed by atoms with Gasteiger partial charge >= 0.3 is 0 Å². The van der Waals surface area contributed by atoms with E-state index in [2.05, 4.69) is 6.92 Å². The second-order valence-corrected chi connectivity index (χ2v) is 4.22. The van der Waals surface area contributed by atoms with E-state index in [9.17, 15) is 4.79 Å². The van der Waals surface area contributed by atoms with Crippen LogP contribution < -0.4 is 0 Å². The highest BCUT2D eigenvalue weighted by Gasteiger charge is 2.13. The van der Waals surface area contributed by atoms with Gasteiger partial charge in [-0.25, -0.2) is 0 Å². The topological polar surface area (TPSA) is 30.2 Å². The molecule has 17 heavy (non-hydrogen) atoms. The van der Waals surface area contributed by atoms with E-state index >= 15 is 0 Å². The number of furan rings is 1. The molecule has 0 N–H and O–H groups in total. The highest BCUT2D eigenvalue weighted by Crippen LogP contribution is 2.19. The molecule has 0 fully saturated rings. The van der Waals surface area contributed by atoms with Gasteiger partial charge in [0.15, 0.2) is 5.78 Å². The van der Waals surface area contributed by atoms with Crippen molar-refractivity contribution >= 4 is 17.4 Å². The molecule has 2 rings (SSSR count). The predicted octanol–water partition coefficient (Wildman–Crippen LogP) is 3.92. The molecule has 0 radical (unpaired) electrons. The minimum Gasteiger partial charge on any atom is -0.452 e. The van der Waals surface area contributed by atoms with Gasteiger partial charge in [0.25, 0.3) is 0 Å². The van der Waals surface area contributed by atoms with E-state index < -0.39 is 0 Å². The van der Waals surface area contributed by atoms with E-state index in [0.29, 0.717) is 12.0 Å². The summed E-state index contributed by atoms with van der Waals surface area (Å²) in [5.74, 6) is -0.0204. The van der Waals surface area contributed by atoms with Gasteiger partial charge in [0.1, 0.15) is 0 Å². The van der Waals surface area contributed by atoms with Gasteiger partial charge in [0.05, 0.1) is 11.8 Å². The van der Waals surface area contributed by atoms with Crippen LogP contribution in [0.1, 0.15) is 28.4 Å². The second-order valence-electron chi connectivity index (χ2n) is 3.88. The predicted molar refractivity (Wildman–Crippen MR) is 67.6 cm³/mol. The first-order valence-electron chi connectivity index (χ1n) is 5.54. The Balaban J connectivity index is 2.10. The van der Waals surface area contributed by atoms with Crippen LogP contribution in [0.4, 0.5) is 0 Å². The molecule has 0 aliphatic heterocycles. The third-order valence-electron chi connectivity index (χ3n) is 2.71. The van der Waals surface area contributed by atoms with Crippen LogP contribution in [0, 0.1) is 0 Å². The molecule has 0 saturated heterocycles. The van der Waals surface area contributed by atoms with Crippen molar-refractivity contribution in [3.8, 4) is 0 Å². The van der Waals surface area contributed by atoms with Crippen LogP contribution in [0.2, 0.25) is 5.22 Å². The lowest BCUT2D eigenvalue weighted by Gasteiger charge is -2.01. The average Bonchev–Trinajstić information content (AvgIpc) is 2.76. The number of benzene rings is 1. The van der Waals surface area contributed by atoms with Crippen molar-refractivity contribution in [2.75, 3.05) is 0 Å². The average molecular weight is 249 g/mol. The molecule has 88 valence electrons. The Kier molecular flexibility index (Phi) is 3.64. The number of carbonyl (C=O) groups is 1. The molecule has 0 aliphatic carbocycles. The lowest BCUT2D eigenvalue weighted by Crippen LogP contribution is -2.02. The number of hydrogen-bond donors (Lipinski definition) is 0. The summed E-state index contributed by atoms with van der Waals surface area (Å²) in [5.41, 5.74) is 2.71. The highest BCUT2D eigenvalue weighted by atomic mass is 35.5. The second kappa shape index (κ2) is 5.19. The molecule has 2 aromatic rings. The SMILES string of the molecule is CCc1ccc(CC(=O)c2ccoc2Cl)cc1. The largest absolute Gasteiger partial charge is 0.452 e. The first kappa shape index (κ1) is 11.9. The van der Waals surface area contributed by atoms with Gasteiger partial charge in [-0.15, -0.1) is 0 Å². The third-order valence-corrected chi connectivity index (χ3v) is 3.01. The van der Waals surface area contributed by atoms with Gasteiger partial charge < -0.3 is 4.42 Å². The lowest BCUT2D eigenvalue weighted by molar-refractivity contribution is 0.0992. The van der Waals surface area contributed by atoms with Gasteiger partial charge in [-0.1, -0.05) is 31.2 Å². The van der Waals surface area contributed by atoms with Crippen molar-refractivity contribution in [2.24, 2.45) is 0 Å². The summed E-state index contributed by atoms with van der Waals surface area (Å²) in [4.78, 5) is 11.9. The Hall–Kier alpha value is -1.54. The molecule has 0 saturated carbocycles. The lowest BCUT2D eigenvalue weighted by atomic mass is 10.0. The smallest absolute Gasteiger partial charge is 0.203 e. The van der Waals surface area contributed by atoms with Crippen molar-refractivity contribution in [3.63, 3.8) is 0 Å². The van der Waals surface area contributed by atoms with Crippen LogP contribution >= 0.6 is 11.6 Å². The third kappa shape index (κ3) is 2.77. The van der Waals surface area contributed by atoms with Crippen LogP contribution in [-0.4, -0.2) is 5.78 Å². The normalized spacial score (nSPS) is 10.5. The van der Waals surface area contributed by atoms with E-state index in [1.54, 1.807) is 6.07 Å². The quantitative estimate of drug-likeness (QED) is 0.768. The van der Waals surface area contributed by atoms with Crippen molar-refractivity contribution in [3.05, 3.63) is 58.5 Å². The van der Waals surface area contributed by atoms with Crippen molar-refractivity contribution < 1.29 is 9.21 Å². The zero-order chi connectivity index (χ0) is 12.3. The Labute approximate surface area is 105 Å². The number of rotatable bonds is 4. The molecule has 0 unspecified atom stereocenters. The number of Topliss-reactive ketones (excluding diaryl/α,β-unsaturated/α-hetero) is 1. The van der Waals surface area contributed by atoms with E-state index in [1.807, 2.05) is 24.3 Å². The monoisotopic (exact) mass is 248 g/mol. The standard InChI is InChI=1S/C14H13ClO2/c1-2-10-3-5-11(6-4-10)9-13(16)12-7-8-17-14(12)15/h3-8H,2,9H2,1H3. The van der Waals surface area contributed by atoms with Crippen molar-refractivity contribution in [2.45, 2.75) is 19.8 Å². The van der Waals surface area contributed by atoms with E-state index in [0.717, 1.165) is 12.0 Å². The zero-order valence-electron chi connectivity index (χ0n) is 9.57. The van der Waals surface area contributed by atoms with Crippen LogP contribution in [0.25, 0.3) is 0 Å². The fourth-order valence-corrected chi connectivity index (χ4v) is 1.89. The molecule has 1 heterocycles. The van der Waals surface area contributed by atoms with Crippen molar-refractivity contribution in [1.82, 2.24) is 0 Å². The Morgan fingerprint density at radius 1 is 1.18 bits per heavy atom. The van der Waals surface area contributed by atoms with Crippen LogP contribution in [0.5, 0.6) is 0 Å². The molecule has 0 atom stereocenters. The van der Waals surface area contributed by atoms with Gasteiger partial charge in [-0.05, 0) is 35.2 Å². The molecular formula is C14H13ClO2. The Bertz CT molecular complexity index is 511.